The lowest BCUT2D eigenvalue weighted by Crippen LogP contribution is -2.45. The van der Waals surface area contributed by atoms with Crippen LogP contribution in [0.1, 0.15) is 43.4 Å². The largest absolute Gasteiger partial charge is 0.466 e. The van der Waals surface area contributed by atoms with Crippen LogP contribution in [-0.2, 0) is 25.3 Å². The summed E-state index contributed by atoms with van der Waals surface area (Å²) in [4.78, 5) is 54.9. The van der Waals surface area contributed by atoms with Gasteiger partial charge in [0, 0.05) is 33.1 Å². The standard InChI is InChI=1S/C25H29F3N4O5/c1-3-37-23(35)15-8-11-31(12-9-15)19(33)10-13-32-14-18-20(22(32)34)21(29-24(36)30(18)2)16-6-4-5-7-17(16)25(26,27)28/h4-7,15,21H,3,8-14H2,1-2H3,(H,29,36)/t21-/m0/s1. The summed E-state index contributed by atoms with van der Waals surface area (Å²) in [5, 5.41) is 2.52. The number of ether oxygens (including phenoxy) is 1. The molecule has 1 aromatic carbocycles. The lowest BCUT2D eigenvalue weighted by Gasteiger charge is -2.32. The molecule has 1 N–H and O–H groups in total. The van der Waals surface area contributed by atoms with Gasteiger partial charge in [-0.2, -0.15) is 13.2 Å². The number of esters is 1. The van der Waals surface area contributed by atoms with Crippen molar-refractivity contribution < 1.29 is 37.1 Å². The van der Waals surface area contributed by atoms with Crippen LogP contribution in [0, 0.1) is 5.92 Å². The second-order valence-electron chi connectivity index (χ2n) is 9.27. The van der Waals surface area contributed by atoms with Crippen molar-refractivity contribution >= 4 is 23.8 Å². The van der Waals surface area contributed by atoms with E-state index in [2.05, 4.69) is 5.32 Å². The maximum absolute atomic E-state index is 13.7. The maximum Gasteiger partial charge on any atom is 0.416 e. The lowest BCUT2D eigenvalue weighted by molar-refractivity contribution is -0.151. The molecule has 3 aliphatic heterocycles. The van der Waals surface area contributed by atoms with Gasteiger partial charge < -0.3 is 19.9 Å². The zero-order chi connectivity index (χ0) is 26.9. The van der Waals surface area contributed by atoms with Gasteiger partial charge in [0.25, 0.3) is 5.91 Å². The number of benzene rings is 1. The van der Waals surface area contributed by atoms with Crippen molar-refractivity contribution in [3.8, 4) is 0 Å². The van der Waals surface area contributed by atoms with Gasteiger partial charge in [-0.1, -0.05) is 18.2 Å². The van der Waals surface area contributed by atoms with Crippen molar-refractivity contribution in [3.63, 3.8) is 0 Å². The fraction of sp³-hybridized carbons (Fsp3) is 0.520. The summed E-state index contributed by atoms with van der Waals surface area (Å²) in [6.45, 7) is 2.92. The molecule has 3 heterocycles. The van der Waals surface area contributed by atoms with Crippen molar-refractivity contribution in [2.75, 3.05) is 39.8 Å². The normalized spacial score (nSPS) is 20.8. The Balaban J connectivity index is 1.44. The second-order valence-corrected chi connectivity index (χ2v) is 9.27. The number of urea groups is 1. The molecule has 1 aromatic rings. The fourth-order valence-electron chi connectivity index (χ4n) is 5.06. The van der Waals surface area contributed by atoms with Gasteiger partial charge in [0.15, 0.2) is 0 Å². The highest BCUT2D eigenvalue weighted by Crippen LogP contribution is 2.41. The van der Waals surface area contributed by atoms with Gasteiger partial charge in [-0.05, 0) is 31.4 Å². The number of piperidine rings is 1. The molecule has 37 heavy (non-hydrogen) atoms. The molecule has 0 saturated carbocycles. The summed E-state index contributed by atoms with van der Waals surface area (Å²) < 4.78 is 46.1. The first-order valence-electron chi connectivity index (χ1n) is 12.2. The number of hydrogen-bond donors (Lipinski definition) is 1. The lowest BCUT2D eigenvalue weighted by atomic mass is 9.92. The van der Waals surface area contributed by atoms with Crippen LogP contribution in [0.4, 0.5) is 18.0 Å². The van der Waals surface area contributed by atoms with Gasteiger partial charge in [-0.3, -0.25) is 19.3 Å². The summed E-state index contributed by atoms with van der Waals surface area (Å²) in [7, 11) is 1.45. The number of amides is 4. The Hall–Kier alpha value is -3.57. The van der Waals surface area contributed by atoms with Crippen LogP contribution in [0.25, 0.3) is 0 Å². The Morgan fingerprint density at radius 3 is 2.46 bits per heavy atom. The number of alkyl halides is 3. The molecular formula is C25H29F3N4O5. The van der Waals surface area contributed by atoms with Gasteiger partial charge in [0.1, 0.15) is 0 Å². The first-order chi connectivity index (χ1) is 17.5. The smallest absolute Gasteiger partial charge is 0.416 e. The Labute approximate surface area is 212 Å². The Morgan fingerprint density at radius 1 is 1.14 bits per heavy atom. The third-order valence-electron chi connectivity index (χ3n) is 7.08. The molecule has 0 spiro atoms. The summed E-state index contributed by atoms with van der Waals surface area (Å²) in [5.74, 6) is -1.20. The van der Waals surface area contributed by atoms with E-state index in [0.717, 1.165) is 6.07 Å². The molecule has 0 unspecified atom stereocenters. The minimum Gasteiger partial charge on any atom is -0.466 e. The van der Waals surface area contributed by atoms with Crippen molar-refractivity contribution in [1.82, 2.24) is 20.0 Å². The maximum atomic E-state index is 13.7. The molecule has 12 heteroatoms. The number of hydrogen-bond acceptors (Lipinski definition) is 5. The minimum absolute atomic E-state index is 0.0149. The molecule has 1 atom stereocenters. The molecule has 0 aromatic heterocycles. The average molecular weight is 523 g/mol. The van der Waals surface area contributed by atoms with Crippen LogP contribution in [-0.4, -0.2) is 78.3 Å². The molecule has 3 aliphatic rings. The van der Waals surface area contributed by atoms with Crippen molar-refractivity contribution in [3.05, 3.63) is 46.7 Å². The second kappa shape index (κ2) is 10.4. The molecule has 1 fully saturated rings. The van der Waals surface area contributed by atoms with E-state index in [1.807, 2.05) is 0 Å². The molecule has 1 saturated heterocycles. The summed E-state index contributed by atoms with van der Waals surface area (Å²) in [6.07, 6.45) is -3.64. The number of nitrogens with one attached hydrogen (secondary N) is 1. The quantitative estimate of drug-likeness (QED) is 0.580. The number of likely N-dealkylation sites (N-methyl/N-ethyl adjacent to an activating group) is 1. The number of carbonyl (C=O) groups is 4. The molecule has 0 radical (unpaired) electrons. The SMILES string of the molecule is CCOC(=O)C1CCN(C(=O)CCN2CC3=C(C2=O)[C@H](c2ccccc2C(F)(F)F)NC(=O)N3C)CC1. The van der Waals surface area contributed by atoms with E-state index in [1.165, 1.54) is 35.0 Å². The Morgan fingerprint density at radius 2 is 1.81 bits per heavy atom. The van der Waals surface area contributed by atoms with E-state index in [4.69, 9.17) is 4.74 Å². The monoisotopic (exact) mass is 522 g/mol. The van der Waals surface area contributed by atoms with E-state index >= 15 is 0 Å². The molecule has 0 aliphatic carbocycles. The Bertz CT molecular complexity index is 1130. The number of halogens is 3. The van der Waals surface area contributed by atoms with Gasteiger partial charge in [-0.15, -0.1) is 0 Å². The first kappa shape index (κ1) is 26.5. The van der Waals surface area contributed by atoms with Crippen molar-refractivity contribution in [1.29, 1.82) is 0 Å². The van der Waals surface area contributed by atoms with Crippen LogP contribution in [0.15, 0.2) is 35.5 Å². The van der Waals surface area contributed by atoms with Gasteiger partial charge in [-0.25, -0.2) is 4.79 Å². The molecule has 4 rings (SSSR count). The van der Waals surface area contributed by atoms with Crippen LogP contribution >= 0.6 is 0 Å². The van der Waals surface area contributed by atoms with Gasteiger partial charge >= 0.3 is 18.2 Å². The van der Waals surface area contributed by atoms with Crippen LogP contribution < -0.4 is 5.32 Å². The molecule has 200 valence electrons. The molecular weight excluding hydrogens is 493 g/mol. The third kappa shape index (κ3) is 5.28. The number of nitrogens with zero attached hydrogens (tertiary/aromatic N) is 3. The zero-order valence-electron chi connectivity index (χ0n) is 20.6. The average Bonchev–Trinajstić information content (AvgIpc) is 3.21. The molecule has 9 nitrogen and oxygen atoms in total. The van der Waals surface area contributed by atoms with E-state index < -0.39 is 29.7 Å². The predicted molar refractivity (Wildman–Crippen MR) is 125 cm³/mol. The van der Waals surface area contributed by atoms with Crippen LogP contribution in [0.3, 0.4) is 0 Å². The number of carbonyl (C=O) groups excluding carboxylic acids is 4. The summed E-state index contributed by atoms with van der Waals surface area (Å²) in [6, 6.07) is 2.98. The topological polar surface area (TPSA) is 99.3 Å². The van der Waals surface area contributed by atoms with Crippen LogP contribution in [0.2, 0.25) is 0 Å². The fourth-order valence-corrected chi connectivity index (χ4v) is 5.06. The molecule has 0 bridgehead atoms. The van der Waals surface area contributed by atoms with E-state index in [0.29, 0.717) is 38.2 Å². The van der Waals surface area contributed by atoms with Gasteiger partial charge in [0.05, 0.1) is 41.9 Å². The predicted octanol–water partition coefficient (Wildman–Crippen LogP) is 2.69. The number of rotatable bonds is 6. The summed E-state index contributed by atoms with van der Waals surface area (Å²) >= 11 is 0. The summed E-state index contributed by atoms with van der Waals surface area (Å²) in [5.41, 5.74) is -0.746. The van der Waals surface area contributed by atoms with E-state index in [1.54, 1.807) is 11.8 Å². The van der Waals surface area contributed by atoms with E-state index in [9.17, 15) is 32.3 Å². The highest BCUT2D eigenvalue weighted by molar-refractivity contribution is 6.01. The third-order valence-corrected chi connectivity index (χ3v) is 7.08. The van der Waals surface area contributed by atoms with Gasteiger partial charge in [0.2, 0.25) is 5.91 Å². The van der Waals surface area contributed by atoms with Crippen molar-refractivity contribution in [2.45, 2.75) is 38.4 Å². The first-order valence-corrected chi connectivity index (χ1v) is 12.2. The van der Waals surface area contributed by atoms with E-state index in [-0.39, 0.29) is 48.4 Å². The number of likely N-dealkylation sites (tertiary alicyclic amines) is 1. The minimum atomic E-state index is -4.67. The highest BCUT2D eigenvalue weighted by Gasteiger charge is 2.45. The van der Waals surface area contributed by atoms with Crippen LogP contribution in [0.5, 0.6) is 0 Å². The Kier molecular flexibility index (Phi) is 7.47. The highest BCUT2D eigenvalue weighted by atomic mass is 19.4. The van der Waals surface area contributed by atoms with Crippen molar-refractivity contribution in [2.24, 2.45) is 5.92 Å². The zero-order valence-corrected chi connectivity index (χ0v) is 20.6. The molecule has 4 amide bonds.